The number of para-hydroxylation sites is 1. The number of fused-ring (bicyclic) bond motifs is 2. The van der Waals surface area contributed by atoms with E-state index >= 15 is 0 Å². The summed E-state index contributed by atoms with van der Waals surface area (Å²) in [5.41, 5.74) is -2.57. The molecule has 146 valence electrons. The molecule has 1 aliphatic heterocycles. The summed E-state index contributed by atoms with van der Waals surface area (Å²) in [4.78, 5) is 36.5. The van der Waals surface area contributed by atoms with Gasteiger partial charge < -0.3 is 9.47 Å². The van der Waals surface area contributed by atoms with Crippen molar-refractivity contribution >= 4 is 17.6 Å². The number of ether oxygens (including phenoxy) is 2. The van der Waals surface area contributed by atoms with Crippen molar-refractivity contribution in [3.05, 3.63) is 39.9 Å². The minimum Gasteiger partial charge on any atom is -0.454 e. The van der Waals surface area contributed by atoms with Crippen LogP contribution in [0.15, 0.2) is 24.3 Å². The average molecular weight is 375 g/mol. The van der Waals surface area contributed by atoms with Crippen LogP contribution in [0.4, 0.5) is 5.69 Å². The van der Waals surface area contributed by atoms with Crippen LogP contribution in [0, 0.1) is 26.9 Å². The molecule has 7 nitrogen and oxygen atoms in total. The van der Waals surface area contributed by atoms with Gasteiger partial charge in [0.2, 0.25) is 5.60 Å². The molecule has 2 fully saturated rings. The fraction of sp³-hybridized carbons (Fsp3) is 0.600. The monoisotopic (exact) mass is 375 g/mol. The van der Waals surface area contributed by atoms with Crippen molar-refractivity contribution in [1.29, 1.82) is 0 Å². The first-order valence-electron chi connectivity index (χ1n) is 9.16. The summed E-state index contributed by atoms with van der Waals surface area (Å²) in [6, 6.07) is 6.24. The molecule has 7 heteroatoms. The van der Waals surface area contributed by atoms with Crippen LogP contribution in [0.1, 0.15) is 59.1 Å². The fourth-order valence-electron chi connectivity index (χ4n) is 4.37. The summed E-state index contributed by atoms with van der Waals surface area (Å²) in [5.74, 6) is -1.21. The topological polar surface area (TPSA) is 95.7 Å². The highest BCUT2D eigenvalue weighted by Crippen LogP contribution is 2.66. The number of carbonyl (C=O) groups excluding carboxylic acids is 2. The van der Waals surface area contributed by atoms with Gasteiger partial charge in [-0.3, -0.25) is 14.9 Å². The third-order valence-corrected chi connectivity index (χ3v) is 6.69. The lowest BCUT2D eigenvalue weighted by Crippen LogP contribution is -2.49. The van der Waals surface area contributed by atoms with Crippen LogP contribution >= 0.6 is 0 Å². The zero-order valence-electron chi connectivity index (χ0n) is 16.3. The van der Waals surface area contributed by atoms with E-state index < -0.39 is 33.4 Å². The second kappa shape index (κ2) is 6.04. The van der Waals surface area contributed by atoms with Gasteiger partial charge in [0, 0.05) is 11.5 Å². The molecule has 2 aliphatic rings. The Balaban J connectivity index is 1.97. The molecule has 1 unspecified atom stereocenters. The smallest absolute Gasteiger partial charge is 0.351 e. The van der Waals surface area contributed by atoms with Crippen molar-refractivity contribution in [3.8, 4) is 0 Å². The lowest BCUT2D eigenvalue weighted by molar-refractivity contribution is -0.386. The van der Waals surface area contributed by atoms with Crippen LogP contribution in [0.3, 0.4) is 0 Å². The maximum Gasteiger partial charge on any atom is 0.351 e. The van der Waals surface area contributed by atoms with E-state index in [1.807, 2.05) is 34.6 Å². The van der Waals surface area contributed by atoms with Gasteiger partial charge in [-0.05, 0) is 31.7 Å². The third kappa shape index (κ3) is 2.47. The van der Waals surface area contributed by atoms with Crippen LogP contribution in [-0.4, -0.2) is 22.5 Å². The number of esters is 2. The van der Waals surface area contributed by atoms with Gasteiger partial charge in [-0.25, -0.2) is 4.79 Å². The van der Waals surface area contributed by atoms with Crippen LogP contribution in [0.25, 0.3) is 0 Å². The lowest BCUT2D eigenvalue weighted by atomic mass is 9.66. The number of benzene rings is 1. The number of hydrogen-bond donors (Lipinski definition) is 0. The van der Waals surface area contributed by atoms with Crippen LogP contribution < -0.4 is 0 Å². The van der Waals surface area contributed by atoms with E-state index in [1.165, 1.54) is 6.07 Å². The quantitative estimate of drug-likeness (QED) is 0.439. The van der Waals surface area contributed by atoms with Gasteiger partial charge in [0.15, 0.2) is 0 Å². The van der Waals surface area contributed by atoms with E-state index in [0.29, 0.717) is 18.4 Å². The standard InChI is InChI=1S/C20H25NO6/c1-12(2)15(13-8-6-7-9-14(13)21(24)25)26-17(23)20-11-10-19(5,16(22)27-20)18(20,3)4/h6-9,12,15H,10-11H2,1-5H3/t15?,19-,20+/m0/s1. The SMILES string of the molecule is CC(C)C(OC(=O)[C@@]12CC[C@@](C)(C(=O)O1)C2(C)C)c1ccccc1[N+](=O)[O-]. The number of nitro groups is 1. The lowest BCUT2D eigenvalue weighted by Gasteiger charge is -2.36. The zero-order valence-corrected chi connectivity index (χ0v) is 16.3. The molecule has 3 atom stereocenters. The number of hydrogen-bond acceptors (Lipinski definition) is 6. The van der Waals surface area contributed by atoms with E-state index in [-0.39, 0.29) is 17.6 Å². The van der Waals surface area contributed by atoms with Gasteiger partial charge >= 0.3 is 11.9 Å². The van der Waals surface area contributed by atoms with Crippen molar-refractivity contribution in [3.63, 3.8) is 0 Å². The zero-order chi connectivity index (χ0) is 20.2. The van der Waals surface area contributed by atoms with Gasteiger partial charge in [0.1, 0.15) is 6.10 Å². The number of carbonyl (C=O) groups is 2. The molecule has 0 radical (unpaired) electrons. The molecule has 1 aromatic carbocycles. The molecule has 27 heavy (non-hydrogen) atoms. The summed E-state index contributed by atoms with van der Waals surface area (Å²) in [6.45, 7) is 9.18. The van der Waals surface area contributed by atoms with Crippen molar-refractivity contribution in [2.24, 2.45) is 16.7 Å². The Kier molecular flexibility index (Phi) is 4.32. The van der Waals surface area contributed by atoms with Crippen molar-refractivity contribution in [2.45, 2.75) is 59.2 Å². The van der Waals surface area contributed by atoms with E-state index in [4.69, 9.17) is 9.47 Å². The highest BCUT2D eigenvalue weighted by atomic mass is 16.6. The van der Waals surface area contributed by atoms with Gasteiger partial charge in [-0.2, -0.15) is 0 Å². The van der Waals surface area contributed by atoms with Crippen molar-refractivity contribution in [1.82, 2.24) is 0 Å². The first-order chi connectivity index (χ1) is 12.5. The fourth-order valence-corrected chi connectivity index (χ4v) is 4.37. The molecule has 3 rings (SSSR count). The van der Waals surface area contributed by atoms with Crippen molar-refractivity contribution < 1.29 is 24.0 Å². The predicted molar refractivity (Wildman–Crippen MR) is 96.7 cm³/mol. The average Bonchev–Trinajstić information content (AvgIpc) is 2.89. The Bertz CT molecular complexity index is 816. The summed E-state index contributed by atoms with van der Waals surface area (Å²) >= 11 is 0. The molecular formula is C20H25NO6. The first kappa shape index (κ1) is 19.3. The Morgan fingerprint density at radius 2 is 1.85 bits per heavy atom. The Morgan fingerprint density at radius 3 is 2.33 bits per heavy atom. The van der Waals surface area contributed by atoms with Gasteiger partial charge in [-0.1, -0.05) is 39.8 Å². The van der Waals surface area contributed by atoms with E-state index in [2.05, 4.69) is 0 Å². The predicted octanol–water partition coefficient (Wildman–Crippen LogP) is 3.96. The van der Waals surface area contributed by atoms with E-state index in [9.17, 15) is 19.7 Å². The second-order valence-corrected chi connectivity index (χ2v) is 8.56. The van der Waals surface area contributed by atoms with E-state index in [0.717, 1.165) is 0 Å². The second-order valence-electron chi connectivity index (χ2n) is 8.56. The molecule has 0 spiro atoms. The highest BCUT2D eigenvalue weighted by molar-refractivity contribution is 5.93. The largest absolute Gasteiger partial charge is 0.454 e. The first-order valence-corrected chi connectivity index (χ1v) is 9.16. The molecule has 0 amide bonds. The molecule has 1 heterocycles. The summed E-state index contributed by atoms with van der Waals surface area (Å²) in [5, 5.41) is 11.4. The number of nitro benzene ring substituents is 1. The van der Waals surface area contributed by atoms with Crippen LogP contribution in [-0.2, 0) is 19.1 Å². The van der Waals surface area contributed by atoms with Crippen molar-refractivity contribution in [2.75, 3.05) is 0 Å². The molecule has 1 saturated carbocycles. The minimum absolute atomic E-state index is 0.0968. The molecule has 1 saturated heterocycles. The molecule has 0 aromatic heterocycles. The van der Waals surface area contributed by atoms with E-state index in [1.54, 1.807) is 18.2 Å². The van der Waals surface area contributed by atoms with Gasteiger partial charge in [0.05, 0.1) is 15.9 Å². The summed E-state index contributed by atoms with van der Waals surface area (Å²) in [6.07, 6.45) is 0.129. The normalized spacial score (nSPS) is 29.5. The summed E-state index contributed by atoms with van der Waals surface area (Å²) < 4.78 is 11.4. The maximum absolute atomic E-state index is 13.2. The molecule has 1 aromatic rings. The number of nitrogens with zero attached hydrogens (tertiary/aromatic N) is 1. The Hall–Kier alpha value is -2.44. The third-order valence-electron chi connectivity index (χ3n) is 6.69. The van der Waals surface area contributed by atoms with Gasteiger partial charge in [0.25, 0.3) is 5.69 Å². The van der Waals surface area contributed by atoms with Crippen LogP contribution in [0.5, 0.6) is 0 Å². The maximum atomic E-state index is 13.2. The molecular weight excluding hydrogens is 350 g/mol. The molecule has 1 aliphatic carbocycles. The van der Waals surface area contributed by atoms with Crippen LogP contribution in [0.2, 0.25) is 0 Å². The Morgan fingerprint density at radius 1 is 1.22 bits per heavy atom. The van der Waals surface area contributed by atoms with Gasteiger partial charge in [-0.15, -0.1) is 0 Å². The Labute approximate surface area is 158 Å². The minimum atomic E-state index is -1.35. The highest BCUT2D eigenvalue weighted by Gasteiger charge is 2.76. The number of rotatable bonds is 5. The molecule has 2 bridgehead atoms. The molecule has 0 N–H and O–H groups in total. The summed E-state index contributed by atoms with van der Waals surface area (Å²) in [7, 11) is 0.